The highest BCUT2D eigenvalue weighted by atomic mass is 35.5. The summed E-state index contributed by atoms with van der Waals surface area (Å²) >= 11 is 0. The lowest BCUT2D eigenvalue weighted by atomic mass is 9.98. The van der Waals surface area contributed by atoms with E-state index in [-0.39, 0.29) is 49.2 Å². The molecule has 4 rings (SSSR count). The van der Waals surface area contributed by atoms with Crippen LogP contribution in [-0.4, -0.2) is 48.2 Å². The number of rotatable bonds is 14. The van der Waals surface area contributed by atoms with Crippen molar-refractivity contribution in [3.63, 3.8) is 0 Å². The second-order valence-corrected chi connectivity index (χ2v) is 12.4. The number of hydrogen-bond acceptors (Lipinski definition) is 4. The molecule has 3 aromatic carbocycles. The van der Waals surface area contributed by atoms with Crippen molar-refractivity contribution in [3.8, 4) is 12.3 Å². The van der Waals surface area contributed by atoms with E-state index >= 15 is 0 Å². The predicted octanol–water partition coefficient (Wildman–Crippen LogP) is 6.56. The normalized spacial score (nSPS) is 14.6. The topological polar surface area (TPSA) is 64.6 Å². The van der Waals surface area contributed by atoms with Gasteiger partial charge < -0.3 is 20.6 Å². The number of terminal acetylenes is 1. The van der Waals surface area contributed by atoms with Gasteiger partial charge in [-0.2, -0.15) is 0 Å². The van der Waals surface area contributed by atoms with Crippen LogP contribution in [0.15, 0.2) is 60.7 Å². The molecule has 0 heterocycles. The molecule has 0 spiro atoms. The van der Waals surface area contributed by atoms with Gasteiger partial charge in [0.25, 0.3) is 5.91 Å². The highest BCUT2D eigenvalue weighted by molar-refractivity contribution is 5.94. The average Bonchev–Trinajstić information content (AvgIpc) is 3.75. The Bertz CT molecular complexity index is 1450. The van der Waals surface area contributed by atoms with Crippen molar-refractivity contribution in [2.45, 2.75) is 70.7 Å². The molecule has 3 aromatic rings. The van der Waals surface area contributed by atoms with Gasteiger partial charge in [0.05, 0.1) is 12.1 Å². The van der Waals surface area contributed by atoms with E-state index in [0.29, 0.717) is 23.6 Å². The maximum absolute atomic E-state index is 14.0. The van der Waals surface area contributed by atoms with E-state index in [1.807, 2.05) is 43.3 Å². The van der Waals surface area contributed by atoms with Crippen molar-refractivity contribution >= 4 is 30.7 Å². The first kappa shape index (κ1) is 38.2. The molecule has 1 aliphatic rings. The zero-order chi connectivity index (χ0) is 31.1. The number of carbonyl (C=O) groups excluding carboxylic acids is 1. The molecule has 2 atom stereocenters. The van der Waals surface area contributed by atoms with E-state index in [1.54, 1.807) is 0 Å². The molecular weight excluding hydrogens is 615 g/mol. The number of halogens is 4. The Hall–Kier alpha value is -2.99. The van der Waals surface area contributed by atoms with Gasteiger partial charge in [0.15, 0.2) is 0 Å². The minimum absolute atomic E-state index is 0. The Balaban J connectivity index is 0.00000353. The first-order valence-electron chi connectivity index (χ1n) is 15.0. The van der Waals surface area contributed by atoms with Crippen molar-refractivity contribution in [1.29, 1.82) is 0 Å². The molecular formula is C36H45Cl2F2N3O2. The van der Waals surface area contributed by atoms with Crippen LogP contribution in [0.25, 0.3) is 0 Å². The van der Waals surface area contributed by atoms with Gasteiger partial charge in [0, 0.05) is 35.8 Å². The average molecular weight is 661 g/mol. The minimum atomic E-state index is -1.03. The number of aliphatic hydroxyl groups is 1. The maximum atomic E-state index is 14.0. The molecule has 0 saturated heterocycles. The van der Waals surface area contributed by atoms with Crippen LogP contribution in [-0.2, 0) is 18.5 Å². The van der Waals surface area contributed by atoms with Crippen LogP contribution in [0.1, 0.15) is 71.3 Å². The Kier molecular flexibility index (Phi) is 14.5. The predicted molar refractivity (Wildman–Crippen MR) is 182 cm³/mol. The van der Waals surface area contributed by atoms with E-state index < -0.39 is 23.8 Å². The number of benzene rings is 3. The van der Waals surface area contributed by atoms with Gasteiger partial charge >= 0.3 is 0 Å². The van der Waals surface area contributed by atoms with E-state index in [1.165, 1.54) is 12.1 Å². The summed E-state index contributed by atoms with van der Waals surface area (Å²) in [7, 11) is 2.07. The molecule has 5 nitrogen and oxygen atoms in total. The molecule has 3 N–H and O–H groups in total. The standard InChI is InChI=1S/C36H43F2N3O2.2ClH/c1-6-26-8-7-9-30(17-26)36(11-12-36)39-22-34(42)33(20-27-18-31(37)21-32(38)19-27)40-35(43)29-15-25(4)14-28(16-29)23-41(5)13-10-24(2)3;;/h1,7-9,14-19,21,24,33-34,39,42H,10-13,20,22-23H2,2-5H3,(H,40,43);2*1H/t33-,34+;;/m0../s1. The second-order valence-electron chi connectivity index (χ2n) is 12.4. The molecule has 244 valence electrons. The van der Waals surface area contributed by atoms with Crippen molar-refractivity contribution in [3.05, 3.63) is 106 Å². The number of nitrogens with one attached hydrogen (secondary N) is 2. The maximum Gasteiger partial charge on any atom is 0.251 e. The summed E-state index contributed by atoms with van der Waals surface area (Å²) in [6.45, 7) is 8.17. The monoisotopic (exact) mass is 659 g/mol. The Labute approximate surface area is 279 Å². The zero-order valence-electron chi connectivity index (χ0n) is 26.4. The lowest BCUT2D eigenvalue weighted by Crippen LogP contribution is -2.50. The van der Waals surface area contributed by atoms with Crippen molar-refractivity contribution in [2.75, 3.05) is 20.1 Å². The number of amides is 1. The summed E-state index contributed by atoms with van der Waals surface area (Å²) in [6.07, 6.45) is 7.47. The first-order chi connectivity index (χ1) is 20.5. The Morgan fingerprint density at radius 2 is 1.73 bits per heavy atom. The van der Waals surface area contributed by atoms with Crippen LogP contribution in [0, 0.1) is 36.8 Å². The summed E-state index contributed by atoms with van der Waals surface area (Å²) in [5, 5.41) is 17.8. The molecule has 45 heavy (non-hydrogen) atoms. The fourth-order valence-electron chi connectivity index (χ4n) is 5.51. The number of hydrogen-bond donors (Lipinski definition) is 3. The summed E-state index contributed by atoms with van der Waals surface area (Å²) in [5.74, 6) is 1.51. The fourth-order valence-corrected chi connectivity index (χ4v) is 5.51. The van der Waals surface area contributed by atoms with Crippen LogP contribution >= 0.6 is 24.8 Å². The second kappa shape index (κ2) is 17.1. The third kappa shape index (κ3) is 11.1. The number of nitrogens with zero attached hydrogens (tertiary/aromatic N) is 1. The van der Waals surface area contributed by atoms with Gasteiger partial charge in [-0.15, -0.1) is 31.2 Å². The van der Waals surface area contributed by atoms with E-state index in [0.717, 1.165) is 54.1 Å². The number of aliphatic hydroxyl groups excluding tert-OH is 1. The lowest BCUT2D eigenvalue weighted by molar-refractivity contribution is 0.0821. The van der Waals surface area contributed by atoms with E-state index in [4.69, 9.17) is 6.42 Å². The summed E-state index contributed by atoms with van der Waals surface area (Å²) in [4.78, 5) is 15.8. The zero-order valence-corrected chi connectivity index (χ0v) is 28.0. The quantitative estimate of drug-likeness (QED) is 0.172. The van der Waals surface area contributed by atoms with Gasteiger partial charge in [-0.1, -0.05) is 43.5 Å². The van der Waals surface area contributed by atoms with Gasteiger partial charge in [0.2, 0.25) is 0 Å². The van der Waals surface area contributed by atoms with Gasteiger partial charge in [0.1, 0.15) is 11.6 Å². The summed E-state index contributed by atoms with van der Waals surface area (Å²) in [6, 6.07) is 16.0. The molecule has 0 unspecified atom stereocenters. The molecule has 1 saturated carbocycles. The van der Waals surface area contributed by atoms with Crippen molar-refractivity contribution < 1.29 is 18.7 Å². The summed E-state index contributed by atoms with van der Waals surface area (Å²) in [5.41, 5.74) is 4.33. The minimum Gasteiger partial charge on any atom is -0.390 e. The van der Waals surface area contributed by atoms with Crippen LogP contribution in [0.5, 0.6) is 0 Å². The molecule has 0 radical (unpaired) electrons. The van der Waals surface area contributed by atoms with Gasteiger partial charge in [-0.05, 0) is 105 Å². The number of aryl methyl sites for hydroxylation is 1. The summed E-state index contributed by atoms with van der Waals surface area (Å²) < 4.78 is 28.1. The van der Waals surface area contributed by atoms with Gasteiger partial charge in [-0.25, -0.2) is 8.78 Å². The smallest absolute Gasteiger partial charge is 0.251 e. The highest BCUT2D eigenvalue weighted by Gasteiger charge is 2.44. The van der Waals surface area contributed by atoms with Crippen LogP contribution in [0.4, 0.5) is 8.78 Å². The Morgan fingerprint density at radius 1 is 1.04 bits per heavy atom. The van der Waals surface area contributed by atoms with Gasteiger partial charge in [-0.3, -0.25) is 4.79 Å². The van der Waals surface area contributed by atoms with Crippen molar-refractivity contribution in [1.82, 2.24) is 15.5 Å². The van der Waals surface area contributed by atoms with E-state index in [9.17, 15) is 18.7 Å². The molecule has 1 fully saturated rings. The molecule has 0 aliphatic heterocycles. The third-order valence-electron chi connectivity index (χ3n) is 8.08. The number of carbonyl (C=O) groups is 1. The SMILES string of the molecule is C#Cc1cccc(C2(NC[C@@H](O)[C@H](Cc3cc(F)cc(F)c3)NC(=O)c3cc(C)cc(CN(C)CCC(C)C)c3)CC2)c1.Cl.Cl. The van der Waals surface area contributed by atoms with Crippen LogP contribution < -0.4 is 10.6 Å². The molecule has 1 aliphatic carbocycles. The molecule has 0 bridgehead atoms. The van der Waals surface area contributed by atoms with Crippen molar-refractivity contribution in [2.24, 2.45) is 5.92 Å². The fraction of sp³-hybridized carbons (Fsp3) is 0.417. The largest absolute Gasteiger partial charge is 0.390 e. The molecule has 0 aromatic heterocycles. The lowest BCUT2D eigenvalue weighted by Gasteiger charge is -2.27. The first-order valence-corrected chi connectivity index (χ1v) is 15.0. The Morgan fingerprint density at radius 3 is 2.36 bits per heavy atom. The third-order valence-corrected chi connectivity index (χ3v) is 8.08. The van der Waals surface area contributed by atoms with Crippen LogP contribution in [0.2, 0.25) is 0 Å². The van der Waals surface area contributed by atoms with E-state index in [2.05, 4.69) is 48.4 Å². The van der Waals surface area contributed by atoms with Crippen LogP contribution in [0.3, 0.4) is 0 Å². The molecule has 1 amide bonds. The highest BCUT2D eigenvalue weighted by Crippen LogP contribution is 2.45. The molecule has 9 heteroatoms.